The lowest BCUT2D eigenvalue weighted by Gasteiger charge is -2.12. The molecule has 1 amide bonds. The normalized spacial score (nSPS) is 10.6. The lowest BCUT2D eigenvalue weighted by atomic mass is 10.0. The van der Waals surface area contributed by atoms with Crippen LogP contribution in [0.3, 0.4) is 0 Å². The van der Waals surface area contributed by atoms with Crippen molar-refractivity contribution in [2.24, 2.45) is 11.7 Å². The van der Waals surface area contributed by atoms with Gasteiger partial charge in [0.2, 0.25) is 5.91 Å². The predicted molar refractivity (Wildman–Crippen MR) is 57.0 cm³/mol. The number of rotatable bonds is 8. The first kappa shape index (κ1) is 13.4. The summed E-state index contributed by atoms with van der Waals surface area (Å²) in [5.41, 5.74) is 5.25. The molecule has 0 heterocycles. The molecule has 4 nitrogen and oxygen atoms in total. The molecule has 0 aliphatic carbocycles. The summed E-state index contributed by atoms with van der Waals surface area (Å²) in [6.07, 6.45) is 1.79. The third-order valence-corrected chi connectivity index (χ3v) is 2.16. The number of carbonyl (C=O) groups excluding carboxylic acids is 1. The molecule has 84 valence electrons. The first-order valence-electron chi connectivity index (χ1n) is 5.31. The predicted octanol–water partition coefficient (Wildman–Crippen LogP) is 0.514. The first-order valence-corrected chi connectivity index (χ1v) is 5.31. The first-order chi connectivity index (χ1) is 6.76. The van der Waals surface area contributed by atoms with Crippen LogP contribution < -0.4 is 11.1 Å². The molecule has 0 rings (SSSR count). The van der Waals surface area contributed by atoms with E-state index in [4.69, 9.17) is 10.5 Å². The van der Waals surface area contributed by atoms with E-state index in [0.717, 1.165) is 12.8 Å². The van der Waals surface area contributed by atoms with Crippen molar-refractivity contribution in [3.8, 4) is 0 Å². The lowest BCUT2D eigenvalue weighted by molar-refractivity contribution is -0.125. The molecular weight excluding hydrogens is 180 g/mol. The van der Waals surface area contributed by atoms with Gasteiger partial charge in [-0.05, 0) is 12.8 Å². The molecule has 3 N–H and O–H groups in total. The van der Waals surface area contributed by atoms with Gasteiger partial charge in [-0.2, -0.15) is 0 Å². The summed E-state index contributed by atoms with van der Waals surface area (Å²) in [5.74, 6) is 0.274. The van der Waals surface area contributed by atoms with Crippen LogP contribution >= 0.6 is 0 Å². The van der Waals surface area contributed by atoms with E-state index >= 15 is 0 Å². The second-order valence-electron chi connectivity index (χ2n) is 3.21. The maximum Gasteiger partial charge on any atom is 0.223 e. The summed E-state index contributed by atoms with van der Waals surface area (Å²) in [4.78, 5) is 11.4. The highest BCUT2D eigenvalue weighted by atomic mass is 16.5. The Labute approximate surface area is 86.2 Å². The maximum absolute atomic E-state index is 11.4. The summed E-state index contributed by atoms with van der Waals surface area (Å²) in [6.45, 7) is 6.26. The topological polar surface area (TPSA) is 64.3 Å². The van der Waals surface area contributed by atoms with Crippen LogP contribution in [-0.4, -0.2) is 32.2 Å². The molecule has 0 saturated carbocycles. The van der Waals surface area contributed by atoms with Gasteiger partial charge >= 0.3 is 0 Å². The summed E-state index contributed by atoms with van der Waals surface area (Å²) >= 11 is 0. The summed E-state index contributed by atoms with van der Waals surface area (Å²) in [5, 5.41) is 2.84. The van der Waals surface area contributed by atoms with Crippen LogP contribution in [-0.2, 0) is 9.53 Å². The largest absolute Gasteiger partial charge is 0.378 e. The van der Waals surface area contributed by atoms with Crippen LogP contribution in [0, 0.1) is 5.92 Å². The second kappa shape index (κ2) is 8.97. The molecule has 4 heteroatoms. The molecule has 0 bridgehead atoms. The number of hydrogen-bond donors (Lipinski definition) is 2. The van der Waals surface area contributed by atoms with Crippen molar-refractivity contribution in [3.05, 3.63) is 0 Å². The molecule has 0 atom stereocenters. The molecule has 0 unspecified atom stereocenters. The minimum Gasteiger partial charge on any atom is -0.378 e. The average Bonchev–Trinajstić information content (AvgIpc) is 2.19. The molecule has 0 aromatic rings. The highest BCUT2D eigenvalue weighted by Gasteiger charge is 2.12. The van der Waals surface area contributed by atoms with Crippen LogP contribution in [0.4, 0.5) is 0 Å². The second-order valence-corrected chi connectivity index (χ2v) is 3.21. The summed E-state index contributed by atoms with van der Waals surface area (Å²) < 4.78 is 5.14. The Morgan fingerprint density at radius 1 is 1.36 bits per heavy atom. The van der Waals surface area contributed by atoms with Gasteiger partial charge in [-0.15, -0.1) is 0 Å². The van der Waals surface area contributed by atoms with Crippen molar-refractivity contribution in [2.45, 2.75) is 26.7 Å². The van der Waals surface area contributed by atoms with E-state index in [1.165, 1.54) is 0 Å². The van der Waals surface area contributed by atoms with Gasteiger partial charge in [-0.3, -0.25) is 4.79 Å². The quantitative estimate of drug-likeness (QED) is 0.564. The number of carbonyl (C=O) groups is 1. The SMILES string of the molecule is CCC(CC)C(=O)NCCOCCN. The van der Waals surface area contributed by atoms with Gasteiger partial charge in [0.05, 0.1) is 13.2 Å². The Hall–Kier alpha value is -0.610. The molecule has 14 heavy (non-hydrogen) atoms. The van der Waals surface area contributed by atoms with Crippen LogP contribution in [0.5, 0.6) is 0 Å². The van der Waals surface area contributed by atoms with Crippen molar-refractivity contribution in [1.29, 1.82) is 0 Å². The number of amides is 1. The Balaban J connectivity index is 3.43. The van der Waals surface area contributed by atoms with Gasteiger partial charge in [0.25, 0.3) is 0 Å². The fourth-order valence-corrected chi connectivity index (χ4v) is 1.24. The van der Waals surface area contributed by atoms with Crippen molar-refractivity contribution < 1.29 is 9.53 Å². The van der Waals surface area contributed by atoms with Gasteiger partial charge in [-0.1, -0.05) is 13.8 Å². The Kier molecular flexibility index (Phi) is 8.57. The van der Waals surface area contributed by atoms with Gasteiger partial charge in [-0.25, -0.2) is 0 Å². The van der Waals surface area contributed by atoms with Crippen LogP contribution in [0.25, 0.3) is 0 Å². The maximum atomic E-state index is 11.4. The van der Waals surface area contributed by atoms with E-state index in [0.29, 0.717) is 26.3 Å². The lowest BCUT2D eigenvalue weighted by Crippen LogP contribution is -2.33. The molecule has 0 radical (unpaired) electrons. The van der Waals surface area contributed by atoms with Gasteiger partial charge in [0, 0.05) is 19.0 Å². The van der Waals surface area contributed by atoms with Crippen molar-refractivity contribution in [2.75, 3.05) is 26.3 Å². The molecule has 0 aromatic heterocycles. The molecule has 0 spiro atoms. The number of nitrogens with two attached hydrogens (primary N) is 1. The number of nitrogens with one attached hydrogen (secondary N) is 1. The Bertz CT molecular complexity index is 147. The fraction of sp³-hybridized carbons (Fsp3) is 0.900. The Morgan fingerprint density at radius 3 is 2.50 bits per heavy atom. The van der Waals surface area contributed by atoms with E-state index in [1.54, 1.807) is 0 Å². The van der Waals surface area contributed by atoms with Crippen LogP contribution in [0.1, 0.15) is 26.7 Å². The van der Waals surface area contributed by atoms with Crippen LogP contribution in [0.2, 0.25) is 0 Å². The molecule has 0 aromatic carbocycles. The van der Waals surface area contributed by atoms with E-state index in [9.17, 15) is 4.79 Å². The minimum absolute atomic E-state index is 0.131. The highest BCUT2D eigenvalue weighted by molar-refractivity contribution is 5.78. The highest BCUT2D eigenvalue weighted by Crippen LogP contribution is 2.06. The van der Waals surface area contributed by atoms with E-state index in [1.807, 2.05) is 13.8 Å². The van der Waals surface area contributed by atoms with E-state index in [-0.39, 0.29) is 11.8 Å². The molecule has 0 aliphatic heterocycles. The molecule has 0 aliphatic rings. The van der Waals surface area contributed by atoms with Crippen LogP contribution in [0.15, 0.2) is 0 Å². The van der Waals surface area contributed by atoms with Gasteiger partial charge in [0.1, 0.15) is 0 Å². The fourth-order valence-electron chi connectivity index (χ4n) is 1.24. The minimum atomic E-state index is 0.131. The van der Waals surface area contributed by atoms with E-state index < -0.39 is 0 Å². The van der Waals surface area contributed by atoms with Crippen molar-refractivity contribution in [3.63, 3.8) is 0 Å². The monoisotopic (exact) mass is 202 g/mol. The number of ether oxygens (including phenoxy) is 1. The average molecular weight is 202 g/mol. The van der Waals surface area contributed by atoms with Crippen molar-refractivity contribution in [1.82, 2.24) is 5.32 Å². The Morgan fingerprint density at radius 2 is 2.00 bits per heavy atom. The third-order valence-electron chi connectivity index (χ3n) is 2.16. The molecular formula is C10H22N2O2. The third kappa shape index (κ3) is 5.94. The summed E-state index contributed by atoms with van der Waals surface area (Å²) in [7, 11) is 0. The van der Waals surface area contributed by atoms with Gasteiger partial charge in [0.15, 0.2) is 0 Å². The number of hydrogen-bond acceptors (Lipinski definition) is 3. The molecule has 0 saturated heterocycles. The zero-order valence-electron chi connectivity index (χ0n) is 9.21. The van der Waals surface area contributed by atoms with E-state index in [2.05, 4.69) is 5.32 Å². The molecule has 0 fully saturated rings. The smallest absolute Gasteiger partial charge is 0.223 e. The van der Waals surface area contributed by atoms with Crippen molar-refractivity contribution >= 4 is 5.91 Å². The zero-order chi connectivity index (χ0) is 10.8. The van der Waals surface area contributed by atoms with Gasteiger partial charge < -0.3 is 15.8 Å². The standard InChI is InChI=1S/C10H22N2O2/c1-3-9(4-2)10(13)12-6-8-14-7-5-11/h9H,3-8,11H2,1-2H3,(H,12,13). The zero-order valence-corrected chi connectivity index (χ0v) is 9.21. The summed E-state index contributed by atoms with van der Waals surface area (Å²) in [6, 6.07) is 0.